The average Bonchev–Trinajstić information content (AvgIpc) is 2.08. The van der Waals surface area contributed by atoms with Gasteiger partial charge in [-0.1, -0.05) is 12.2 Å². The third kappa shape index (κ3) is 1.78. The summed E-state index contributed by atoms with van der Waals surface area (Å²) in [6, 6.07) is 4.85. The van der Waals surface area contributed by atoms with Gasteiger partial charge in [-0.3, -0.25) is 0 Å². The number of hydrogen-bond acceptors (Lipinski definition) is 2. The summed E-state index contributed by atoms with van der Waals surface area (Å²) in [7, 11) is 1.54. The molecule has 12 heavy (non-hydrogen) atoms. The van der Waals surface area contributed by atoms with E-state index >= 15 is 0 Å². The van der Waals surface area contributed by atoms with Crippen LogP contribution in [0, 0.1) is 6.92 Å². The number of aromatic hydroxyl groups is 1. The molecule has 2 radical (unpaired) electrons. The largest absolute Gasteiger partial charge is 0.508 e. The number of benzene rings is 1. The van der Waals surface area contributed by atoms with Gasteiger partial charge in [-0.15, -0.1) is 0 Å². The van der Waals surface area contributed by atoms with Crippen LogP contribution in [0.2, 0.25) is 0 Å². The Morgan fingerprint density at radius 1 is 1.50 bits per heavy atom. The SMILES string of the molecule is [CH]C=Cc1ccc(O)cc1OC. The Kier molecular flexibility index (Phi) is 2.75. The zero-order chi connectivity index (χ0) is 8.97. The van der Waals surface area contributed by atoms with E-state index in [0.717, 1.165) is 5.56 Å². The lowest BCUT2D eigenvalue weighted by Crippen LogP contribution is -1.85. The van der Waals surface area contributed by atoms with Crippen LogP contribution < -0.4 is 4.74 Å². The Morgan fingerprint density at radius 3 is 2.83 bits per heavy atom. The van der Waals surface area contributed by atoms with Gasteiger partial charge in [0.1, 0.15) is 11.5 Å². The van der Waals surface area contributed by atoms with Crippen molar-refractivity contribution >= 4 is 6.08 Å². The quantitative estimate of drug-likeness (QED) is 0.721. The molecule has 1 aromatic rings. The predicted octanol–water partition coefficient (Wildman–Crippen LogP) is 2.13. The van der Waals surface area contributed by atoms with Crippen LogP contribution in [0.4, 0.5) is 0 Å². The van der Waals surface area contributed by atoms with Crippen molar-refractivity contribution in [1.82, 2.24) is 0 Å². The molecule has 0 fully saturated rings. The van der Waals surface area contributed by atoms with Crippen LogP contribution >= 0.6 is 0 Å². The van der Waals surface area contributed by atoms with Gasteiger partial charge in [-0.25, -0.2) is 0 Å². The first-order valence-corrected chi connectivity index (χ1v) is 3.53. The van der Waals surface area contributed by atoms with Gasteiger partial charge < -0.3 is 9.84 Å². The second-order valence-electron chi connectivity index (χ2n) is 2.29. The minimum absolute atomic E-state index is 0.182. The molecule has 1 aromatic carbocycles. The van der Waals surface area contributed by atoms with Gasteiger partial charge in [-0.05, 0) is 19.1 Å². The molecule has 2 heteroatoms. The smallest absolute Gasteiger partial charge is 0.129 e. The van der Waals surface area contributed by atoms with E-state index in [4.69, 9.17) is 16.8 Å². The highest BCUT2D eigenvalue weighted by atomic mass is 16.5. The summed E-state index contributed by atoms with van der Waals surface area (Å²) in [6.45, 7) is 5.22. The lowest BCUT2D eigenvalue weighted by atomic mass is 10.2. The molecule has 0 atom stereocenters. The predicted molar refractivity (Wildman–Crippen MR) is 48.0 cm³/mol. The first-order valence-electron chi connectivity index (χ1n) is 3.53. The van der Waals surface area contributed by atoms with E-state index in [1.807, 2.05) is 0 Å². The van der Waals surface area contributed by atoms with Crippen molar-refractivity contribution in [2.24, 2.45) is 0 Å². The van der Waals surface area contributed by atoms with E-state index in [1.54, 1.807) is 25.3 Å². The molecule has 0 aliphatic carbocycles. The van der Waals surface area contributed by atoms with Gasteiger partial charge in [0.25, 0.3) is 0 Å². The highest BCUT2D eigenvalue weighted by Crippen LogP contribution is 2.24. The fourth-order valence-corrected chi connectivity index (χ4v) is 0.941. The fourth-order valence-electron chi connectivity index (χ4n) is 0.941. The molecule has 0 bridgehead atoms. The summed E-state index contributed by atoms with van der Waals surface area (Å²) in [4.78, 5) is 0. The van der Waals surface area contributed by atoms with Gasteiger partial charge in [0.2, 0.25) is 0 Å². The van der Waals surface area contributed by atoms with Crippen LogP contribution in [0.5, 0.6) is 11.5 Å². The molecular formula is C10H10O2. The Bertz CT molecular complexity index is 290. The molecule has 0 amide bonds. The van der Waals surface area contributed by atoms with E-state index in [1.165, 1.54) is 12.1 Å². The second kappa shape index (κ2) is 3.81. The first kappa shape index (κ1) is 8.65. The van der Waals surface area contributed by atoms with Crippen molar-refractivity contribution < 1.29 is 9.84 Å². The maximum absolute atomic E-state index is 9.10. The molecule has 0 saturated heterocycles. The summed E-state index contributed by atoms with van der Waals surface area (Å²) in [6.07, 6.45) is 3.13. The maximum Gasteiger partial charge on any atom is 0.129 e. The molecule has 0 aliphatic rings. The number of allylic oxidation sites excluding steroid dienone is 1. The van der Waals surface area contributed by atoms with Crippen molar-refractivity contribution in [2.45, 2.75) is 0 Å². The summed E-state index contributed by atoms with van der Waals surface area (Å²) >= 11 is 0. The van der Waals surface area contributed by atoms with Crippen LogP contribution in [-0.2, 0) is 0 Å². The molecule has 62 valence electrons. The van der Waals surface area contributed by atoms with Crippen molar-refractivity contribution in [3.8, 4) is 11.5 Å². The van der Waals surface area contributed by atoms with Crippen LogP contribution in [-0.4, -0.2) is 12.2 Å². The van der Waals surface area contributed by atoms with E-state index < -0.39 is 0 Å². The van der Waals surface area contributed by atoms with E-state index in [-0.39, 0.29) is 5.75 Å². The number of phenols is 1. The number of ether oxygens (including phenoxy) is 1. The standard InChI is InChI=1S/C10H10O2/c1-3-4-8-5-6-9(11)7-10(8)12-2/h1,3-7,11H,2H3. The molecule has 0 aromatic heterocycles. The van der Waals surface area contributed by atoms with E-state index in [0.29, 0.717) is 5.75 Å². The van der Waals surface area contributed by atoms with Crippen molar-refractivity contribution in [2.75, 3.05) is 7.11 Å². The lowest BCUT2D eigenvalue weighted by Gasteiger charge is -2.04. The summed E-state index contributed by atoms with van der Waals surface area (Å²) in [5.41, 5.74) is 0.845. The Balaban J connectivity index is 3.10. The molecule has 0 aliphatic heterocycles. The monoisotopic (exact) mass is 162 g/mol. The number of hydrogen-bond donors (Lipinski definition) is 1. The Labute approximate surface area is 72.1 Å². The Hall–Kier alpha value is -1.44. The topological polar surface area (TPSA) is 29.5 Å². The summed E-state index contributed by atoms with van der Waals surface area (Å²) in [5.74, 6) is 0.790. The second-order valence-corrected chi connectivity index (χ2v) is 2.29. The molecular weight excluding hydrogens is 152 g/mol. The summed E-state index contributed by atoms with van der Waals surface area (Å²) in [5, 5.41) is 9.10. The van der Waals surface area contributed by atoms with Gasteiger partial charge in [0.05, 0.1) is 7.11 Å². The lowest BCUT2D eigenvalue weighted by molar-refractivity contribution is 0.407. The van der Waals surface area contributed by atoms with Gasteiger partial charge in [0, 0.05) is 11.6 Å². The van der Waals surface area contributed by atoms with Crippen LogP contribution in [0.15, 0.2) is 24.3 Å². The van der Waals surface area contributed by atoms with Crippen LogP contribution in [0.1, 0.15) is 5.56 Å². The molecule has 0 spiro atoms. The highest BCUT2D eigenvalue weighted by molar-refractivity contribution is 5.59. The minimum Gasteiger partial charge on any atom is -0.508 e. The molecule has 2 nitrogen and oxygen atoms in total. The van der Waals surface area contributed by atoms with Crippen LogP contribution in [0.25, 0.3) is 6.08 Å². The maximum atomic E-state index is 9.10. The zero-order valence-corrected chi connectivity index (χ0v) is 6.82. The van der Waals surface area contributed by atoms with Crippen molar-refractivity contribution in [3.63, 3.8) is 0 Å². The van der Waals surface area contributed by atoms with E-state index in [9.17, 15) is 0 Å². The fraction of sp³-hybridized carbons (Fsp3) is 0.100. The summed E-state index contributed by atoms with van der Waals surface area (Å²) < 4.78 is 5.01. The zero-order valence-electron chi connectivity index (χ0n) is 6.82. The van der Waals surface area contributed by atoms with Crippen LogP contribution in [0.3, 0.4) is 0 Å². The Morgan fingerprint density at radius 2 is 2.25 bits per heavy atom. The number of methoxy groups -OCH3 is 1. The van der Waals surface area contributed by atoms with E-state index in [2.05, 4.69) is 0 Å². The number of rotatable bonds is 2. The van der Waals surface area contributed by atoms with Gasteiger partial charge in [0.15, 0.2) is 0 Å². The van der Waals surface area contributed by atoms with Gasteiger partial charge in [-0.2, -0.15) is 0 Å². The molecule has 1 rings (SSSR count). The van der Waals surface area contributed by atoms with Gasteiger partial charge >= 0.3 is 0 Å². The molecule has 0 heterocycles. The van der Waals surface area contributed by atoms with Crippen molar-refractivity contribution in [1.29, 1.82) is 0 Å². The number of phenolic OH excluding ortho intramolecular Hbond substituents is 1. The molecule has 1 N–H and O–H groups in total. The third-order valence-corrected chi connectivity index (χ3v) is 1.49. The first-order chi connectivity index (χ1) is 5.77. The molecule has 0 saturated carbocycles. The highest BCUT2D eigenvalue weighted by Gasteiger charge is 1.99. The third-order valence-electron chi connectivity index (χ3n) is 1.49. The molecule has 0 unspecified atom stereocenters. The average molecular weight is 162 g/mol. The van der Waals surface area contributed by atoms with Crippen molar-refractivity contribution in [3.05, 3.63) is 36.8 Å². The minimum atomic E-state index is 0.182. The normalized spacial score (nSPS) is 10.5.